The van der Waals surface area contributed by atoms with Crippen LogP contribution in [-0.2, 0) is 6.18 Å². The van der Waals surface area contributed by atoms with Gasteiger partial charge >= 0.3 is 6.18 Å². The molecule has 0 aliphatic carbocycles. The van der Waals surface area contributed by atoms with E-state index in [1.165, 1.54) is 6.07 Å². The second kappa shape index (κ2) is 14.0. The number of nitrogens with one attached hydrogen (secondary N) is 1. The number of hydrogen-bond acceptors (Lipinski definition) is 7. The molecule has 15 heteroatoms. The number of anilines is 1. The topological polar surface area (TPSA) is 130 Å². The summed E-state index contributed by atoms with van der Waals surface area (Å²) in [5, 5.41) is 4.74. The van der Waals surface area contributed by atoms with Gasteiger partial charge in [-0.1, -0.05) is 19.8 Å². The van der Waals surface area contributed by atoms with Crippen LogP contribution >= 0.6 is 0 Å². The number of aromatic amines is 1. The molecule has 2 heterocycles. The van der Waals surface area contributed by atoms with Crippen molar-refractivity contribution >= 4 is 24.0 Å². The summed E-state index contributed by atoms with van der Waals surface area (Å²) in [4.78, 5) is 35.5. The van der Waals surface area contributed by atoms with Crippen LogP contribution in [-0.4, -0.2) is 51.3 Å². The summed E-state index contributed by atoms with van der Waals surface area (Å²) in [5.41, 5.74) is 1.47. The van der Waals surface area contributed by atoms with Crippen LogP contribution in [0.1, 0.15) is 54.1 Å². The first kappa shape index (κ1) is 30.9. The van der Waals surface area contributed by atoms with Gasteiger partial charge in [-0.2, -0.15) is 18.3 Å². The minimum atomic E-state index is -4.74. The van der Waals surface area contributed by atoms with Crippen molar-refractivity contribution in [1.29, 1.82) is 0 Å². The molecule has 0 aliphatic heterocycles. The summed E-state index contributed by atoms with van der Waals surface area (Å²) in [6, 6.07) is 2.38. The van der Waals surface area contributed by atoms with Crippen molar-refractivity contribution < 1.29 is 31.1 Å². The molecular formula is C24H25F6N7O2. The van der Waals surface area contributed by atoms with Gasteiger partial charge < -0.3 is 10.6 Å². The Kier molecular flexibility index (Phi) is 11.1. The van der Waals surface area contributed by atoms with Gasteiger partial charge in [0.2, 0.25) is 0 Å². The molecule has 3 rings (SSSR count). The third-order valence-corrected chi connectivity index (χ3v) is 5.09. The molecule has 0 amide bonds. The van der Waals surface area contributed by atoms with Gasteiger partial charge in [-0.15, -0.1) is 0 Å². The van der Waals surface area contributed by atoms with Gasteiger partial charge in [-0.25, -0.2) is 33.2 Å². The van der Waals surface area contributed by atoms with Crippen molar-refractivity contribution in [3.05, 3.63) is 63.6 Å². The number of alkyl halides is 5. The maximum Gasteiger partial charge on any atom is 0.423 e. The second-order valence-corrected chi connectivity index (χ2v) is 8.11. The highest BCUT2D eigenvalue weighted by Crippen LogP contribution is 2.30. The minimum Gasteiger partial charge on any atom is -0.397 e. The van der Waals surface area contributed by atoms with E-state index >= 15 is 0 Å². The van der Waals surface area contributed by atoms with E-state index in [2.05, 4.69) is 27.0 Å². The number of rotatable bonds is 9. The number of unbranched alkanes of at least 4 members (excludes halogenated alkanes) is 2. The predicted molar refractivity (Wildman–Crippen MR) is 132 cm³/mol. The molecule has 2 aromatic heterocycles. The number of nitrogen functional groups attached to an aromatic ring is 1. The number of halogens is 6. The lowest BCUT2D eigenvalue weighted by atomic mass is 10.1. The molecule has 3 aromatic rings. The Labute approximate surface area is 218 Å². The van der Waals surface area contributed by atoms with Crippen LogP contribution in [0.2, 0.25) is 0 Å². The van der Waals surface area contributed by atoms with Crippen molar-refractivity contribution in [3.63, 3.8) is 0 Å². The second-order valence-electron chi connectivity index (χ2n) is 8.11. The third-order valence-electron chi connectivity index (χ3n) is 5.09. The number of hydrogen-bond donors (Lipinski definition) is 2. The predicted octanol–water partition coefficient (Wildman–Crippen LogP) is 5.19. The Morgan fingerprint density at radius 2 is 1.82 bits per heavy atom. The summed E-state index contributed by atoms with van der Waals surface area (Å²) < 4.78 is 75.5. The van der Waals surface area contributed by atoms with Crippen LogP contribution in [0.3, 0.4) is 0 Å². The molecule has 0 fully saturated rings. The van der Waals surface area contributed by atoms with Gasteiger partial charge in [0.1, 0.15) is 11.4 Å². The normalized spacial score (nSPS) is 11.4. The van der Waals surface area contributed by atoms with Crippen molar-refractivity contribution in [2.75, 3.05) is 19.3 Å². The maximum atomic E-state index is 14.3. The Hall–Kier alpha value is -4.30. The Morgan fingerprint density at radius 1 is 1.15 bits per heavy atom. The monoisotopic (exact) mass is 557 g/mol. The largest absolute Gasteiger partial charge is 0.423 e. The Bertz CT molecular complexity index is 1330. The van der Waals surface area contributed by atoms with E-state index in [0.29, 0.717) is 6.29 Å². The fourth-order valence-corrected chi connectivity index (χ4v) is 3.08. The lowest BCUT2D eigenvalue weighted by Gasteiger charge is -2.13. The zero-order valence-electron chi connectivity index (χ0n) is 20.8. The number of aromatic nitrogens is 4. The summed E-state index contributed by atoms with van der Waals surface area (Å²) in [5.74, 6) is -0.778. The smallest absolute Gasteiger partial charge is 0.397 e. The lowest BCUT2D eigenvalue weighted by Crippen LogP contribution is -2.24. The van der Waals surface area contributed by atoms with Gasteiger partial charge in [0.15, 0.2) is 12.1 Å². The number of carbonyl (C=O) groups is 1. The van der Waals surface area contributed by atoms with Crippen LogP contribution in [0.4, 0.5) is 37.7 Å². The number of carbonyl (C=O) groups excluding carboxylic acids is 1. The summed E-state index contributed by atoms with van der Waals surface area (Å²) in [6.07, 6.45) is 0.497. The van der Waals surface area contributed by atoms with Crippen molar-refractivity contribution in [2.24, 2.45) is 4.99 Å². The number of aldehydes is 1. The average Bonchev–Trinajstić information content (AvgIpc) is 2.87. The molecule has 0 radical (unpaired) electrons. The molecule has 0 atom stereocenters. The summed E-state index contributed by atoms with van der Waals surface area (Å²) in [7, 11) is 1.86. The molecule has 1 aromatic carbocycles. The maximum absolute atomic E-state index is 14.3. The molecule has 0 saturated heterocycles. The summed E-state index contributed by atoms with van der Waals surface area (Å²) >= 11 is 0. The zero-order valence-corrected chi connectivity index (χ0v) is 20.8. The molecule has 0 unspecified atom stereocenters. The van der Waals surface area contributed by atoms with E-state index in [-0.39, 0.29) is 28.2 Å². The van der Waals surface area contributed by atoms with Crippen molar-refractivity contribution in [3.8, 4) is 11.4 Å². The summed E-state index contributed by atoms with van der Waals surface area (Å²) in [6.45, 7) is 2.92. The van der Waals surface area contributed by atoms with E-state index in [9.17, 15) is 35.9 Å². The SMILES string of the molecule is CCCCCN(C)C=Nc1cc(-c2ncc(C(F)F)cn2)c(F)cc1C=O.Nc1cn[nH]c(=O)c1C(F)(F)F. The van der Waals surface area contributed by atoms with E-state index in [1.807, 2.05) is 11.9 Å². The van der Waals surface area contributed by atoms with Gasteiger partial charge in [-0.05, 0) is 18.6 Å². The Morgan fingerprint density at radius 3 is 2.33 bits per heavy atom. The third kappa shape index (κ3) is 8.90. The molecule has 210 valence electrons. The molecular weight excluding hydrogens is 532 g/mol. The Balaban J connectivity index is 0.000000370. The van der Waals surface area contributed by atoms with Gasteiger partial charge in [0.05, 0.1) is 35.0 Å². The molecule has 0 spiro atoms. The van der Waals surface area contributed by atoms with Crippen molar-refractivity contribution in [1.82, 2.24) is 25.1 Å². The number of H-pyrrole nitrogens is 1. The standard InChI is InChI=1S/C19H21F3N4O.C5H4F3N3O/c1-3-4-5-6-26(2)12-25-17-8-15(16(20)7-13(17)11-27)19-23-9-14(10-24-19)18(21)22;6-5(7,8)3-2(9)1-10-11-4(3)12/h7-12,18H,3-6H2,1-2H3;1H,(H3,9,11,12). The highest BCUT2D eigenvalue weighted by molar-refractivity contribution is 5.86. The fourth-order valence-electron chi connectivity index (χ4n) is 3.08. The molecule has 3 N–H and O–H groups in total. The zero-order chi connectivity index (χ0) is 29.2. The number of benzene rings is 1. The van der Waals surface area contributed by atoms with Gasteiger partial charge in [-0.3, -0.25) is 9.59 Å². The minimum absolute atomic E-state index is 0.0118. The van der Waals surface area contributed by atoms with Crippen LogP contribution < -0.4 is 11.3 Å². The van der Waals surface area contributed by atoms with Crippen molar-refractivity contribution in [2.45, 2.75) is 38.8 Å². The first-order valence-electron chi connectivity index (χ1n) is 11.4. The lowest BCUT2D eigenvalue weighted by molar-refractivity contribution is -0.138. The first-order valence-corrected chi connectivity index (χ1v) is 11.4. The molecule has 0 bridgehead atoms. The van der Waals surface area contributed by atoms with E-state index in [1.54, 1.807) is 11.4 Å². The molecule has 39 heavy (non-hydrogen) atoms. The van der Waals surface area contributed by atoms with E-state index < -0.39 is 35.2 Å². The van der Waals surface area contributed by atoms with E-state index in [0.717, 1.165) is 50.5 Å². The van der Waals surface area contributed by atoms with E-state index in [4.69, 9.17) is 5.73 Å². The molecule has 0 aliphatic rings. The van der Waals surface area contributed by atoms with Gasteiger partial charge in [0.25, 0.3) is 12.0 Å². The van der Waals surface area contributed by atoms with Crippen LogP contribution in [0, 0.1) is 5.82 Å². The number of aliphatic imine (C=N–C) groups is 1. The highest BCUT2D eigenvalue weighted by Gasteiger charge is 2.36. The van der Waals surface area contributed by atoms with Gasteiger partial charge in [0, 0.05) is 31.5 Å². The number of nitrogens with zero attached hydrogens (tertiary/aromatic N) is 5. The first-order chi connectivity index (χ1) is 18.4. The quantitative estimate of drug-likeness (QED) is 0.122. The average molecular weight is 557 g/mol. The number of nitrogens with two attached hydrogens (primary N) is 1. The highest BCUT2D eigenvalue weighted by atomic mass is 19.4. The van der Waals surface area contributed by atoms with Crippen LogP contribution in [0.25, 0.3) is 11.4 Å². The van der Waals surface area contributed by atoms with Crippen LogP contribution in [0.5, 0.6) is 0 Å². The fraction of sp³-hybridized carbons (Fsp3) is 0.333. The molecule has 9 nitrogen and oxygen atoms in total. The molecule has 0 saturated carbocycles. The van der Waals surface area contributed by atoms with Crippen LogP contribution in [0.15, 0.2) is 40.5 Å².